The molecule has 0 unspecified atom stereocenters. The molecule has 3 N–H and O–H groups in total. The van der Waals surface area contributed by atoms with Gasteiger partial charge in [-0.05, 0) is 55.0 Å². The van der Waals surface area contributed by atoms with Crippen molar-refractivity contribution in [2.75, 3.05) is 45.8 Å². The van der Waals surface area contributed by atoms with Crippen LogP contribution in [0.3, 0.4) is 0 Å². The number of aryl methyl sites for hydroxylation is 1. The summed E-state index contributed by atoms with van der Waals surface area (Å²) < 4.78 is 12.6. The maximum Gasteiger partial charge on any atom is 0.253 e. The first-order valence-corrected chi connectivity index (χ1v) is 11.4. The quantitative estimate of drug-likeness (QED) is 0.339. The summed E-state index contributed by atoms with van der Waals surface area (Å²) in [5.74, 6) is 1.37. The van der Waals surface area contributed by atoms with Crippen molar-refractivity contribution < 1.29 is 14.3 Å². The SMILES string of the molecule is COc1ccc(-c2cnc3c(Nc4ccc(C(=O)N(C)CCOCCN)c(C)c4)nccn23)cc1. The van der Waals surface area contributed by atoms with Crippen LogP contribution in [-0.4, -0.2) is 65.6 Å². The number of hydrogen-bond donors (Lipinski definition) is 2. The maximum atomic E-state index is 12.8. The van der Waals surface area contributed by atoms with Gasteiger partial charge in [0.15, 0.2) is 11.5 Å². The molecule has 0 bridgehead atoms. The van der Waals surface area contributed by atoms with Crippen molar-refractivity contribution in [2.45, 2.75) is 6.92 Å². The molecule has 4 rings (SSSR count). The number of aromatic nitrogens is 3. The van der Waals surface area contributed by atoms with Crippen LogP contribution in [0, 0.1) is 6.92 Å². The lowest BCUT2D eigenvalue weighted by Crippen LogP contribution is -2.31. The van der Waals surface area contributed by atoms with Gasteiger partial charge in [-0.2, -0.15) is 0 Å². The lowest BCUT2D eigenvalue weighted by molar-refractivity contribution is 0.0703. The number of likely N-dealkylation sites (N-methyl/N-ethyl adjacent to an activating group) is 1. The summed E-state index contributed by atoms with van der Waals surface area (Å²) in [6.07, 6.45) is 5.44. The second-order valence-electron chi connectivity index (χ2n) is 8.12. The molecule has 2 aromatic heterocycles. The van der Waals surface area contributed by atoms with Crippen LogP contribution in [-0.2, 0) is 4.74 Å². The van der Waals surface area contributed by atoms with Gasteiger partial charge in [-0.1, -0.05) is 0 Å². The number of fused-ring (bicyclic) bond motifs is 1. The fraction of sp³-hybridized carbons (Fsp3) is 0.269. The van der Waals surface area contributed by atoms with E-state index in [9.17, 15) is 4.79 Å². The summed E-state index contributed by atoms with van der Waals surface area (Å²) in [5.41, 5.74) is 10.4. The summed E-state index contributed by atoms with van der Waals surface area (Å²) in [7, 11) is 3.41. The zero-order valence-electron chi connectivity index (χ0n) is 20.2. The predicted octanol–water partition coefficient (Wildman–Crippen LogP) is 3.50. The topological polar surface area (TPSA) is 107 Å². The number of carbonyl (C=O) groups excluding carboxylic acids is 1. The van der Waals surface area contributed by atoms with E-state index in [2.05, 4.69) is 15.3 Å². The average Bonchev–Trinajstić information content (AvgIpc) is 3.31. The molecule has 9 heteroatoms. The van der Waals surface area contributed by atoms with E-state index in [0.29, 0.717) is 43.3 Å². The number of methoxy groups -OCH3 is 1. The van der Waals surface area contributed by atoms with Crippen molar-refractivity contribution in [3.05, 3.63) is 72.2 Å². The number of anilines is 2. The summed E-state index contributed by atoms with van der Waals surface area (Å²) in [6, 6.07) is 13.5. The molecule has 0 fully saturated rings. The van der Waals surface area contributed by atoms with Crippen LogP contribution in [0.25, 0.3) is 16.9 Å². The number of nitrogens with one attached hydrogen (secondary N) is 1. The fourth-order valence-electron chi connectivity index (χ4n) is 3.79. The van der Waals surface area contributed by atoms with E-state index in [1.54, 1.807) is 25.3 Å². The number of hydrogen-bond acceptors (Lipinski definition) is 7. The van der Waals surface area contributed by atoms with E-state index in [0.717, 1.165) is 28.3 Å². The molecule has 0 aliphatic carbocycles. The number of ether oxygens (including phenoxy) is 2. The van der Waals surface area contributed by atoms with E-state index in [1.807, 2.05) is 66.2 Å². The van der Waals surface area contributed by atoms with Crippen LogP contribution in [0.2, 0.25) is 0 Å². The molecule has 9 nitrogen and oxygen atoms in total. The number of amides is 1. The number of nitrogens with two attached hydrogens (primary N) is 1. The van der Waals surface area contributed by atoms with Gasteiger partial charge in [-0.15, -0.1) is 0 Å². The Hall–Kier alpha value is -3.95. The molecule has 35 heavy (non-hydrogen) atoms. The standard InChI is InChI=1S/C26H30N6O3/c1-18-16-20(6-9-22(18)26(33)31(2)13-15-35-14-10-27)30-24-25-29-17-23(32(25)12-11-28-24)19-4-7-21(34-3)8-5-19/h4-9,11-12,16-17H,10,13-15,27H2,1-3H3,(H,28,30). The minimum atomic E-state index is -0.0528. The third kappa shape index (κ3) is 5.42. The predicted molar refractivity (Wildman–Crippen MR) is 136 cm³/mol. The molecule has 182 valence electrons. The molecule has 0 radical (unpaired) electrons. The second-order valence-corrected chi connectivity index (χ2v) is 8.12. The van der Waals surface area contributed by atoms with E-state index < -0.39 is 0 Å². The molecule has 2 aromatic carbocycles. The van der Waals surface area contributed by atoms with Gasteiger partial charge in [0.25, 0.3) is 5.91 Å². The van der Waals surface area contributed by atoms with Gasteiger partial charge in [-0.25, -0.2) is 9.97 Å². The lowest BCUT2D eigenvalue weighted by Gasteiger charge is -2.19. The van der Waals surface area contributed by atoms with Crippen molar-refractivity contribution in [3.63, 3.8) is 0 Å². The Bertz CT molecular complexity index is 1300. The molecule has 4 aromatic rings. The van der Waals surface area contributed by atoms with Crippen LogP contribution in [0.5, 0.6) is 5.75 Å². The fourth-order valence-corrected chi connectivity index (χ4v) is 3.79. The Morgan fingerprint density at radius 3 is 2.66 bits per heavy atom. The average molecular weight is 475 g/mol. The highest BCUT2D eigenvalue weighted by atomic mass is 16.5. The molecular formula is C26H30N6O3. The van der Waals surface area contributed by atoms with E-state index in [-0.39, 0.29) is 5.91 Å². The molecule has 2 heterocycles. The van der Waals surface area contributed by atoms with Gasteiger partial charge in [0.1, 0.15) is 5.75 Å². The smallest absolute Gasteiger partial charge is 0.253 e. The summed E-state index contributed by atoms with van der Waals surface area (Å²) in [5, 5.41) is 3.34. The zero-order chi connectivity index (χ0) is 24.8. The summed E-state index contributed by atoms with van der Waals surface area (Å²) >= 11 is 0. The highest BCUT2D eigenvalue weighted by Crippen LogP contribution is 2.27. The summed E-state index contributed by atoms with van der Waals surface area (Å²) in [6.45, 7) is 3.83. The molecule has 0 aliphatic rings. The van der Waals surface area contributed by atoms with Crippen molar-refractivity contribution in [1.82, 2.24) is 19.3 Å². The monoisotopic (exact) mass is 474 g/mol. The van der Waals surface area contributed by atoms with Crippen molar-refractivity contribution >= 4 is 23.1 Å². The first-order chi connectivity index (χ1) is 17.0. The largest absolute Gasteiger partial charge is 0.497 e. The van der Waals surface area contributed by atoms with Gasteiger partial charge in [0, 0.05) is 49.3 Å². The molecule has 0 saturated heterocycles. The van der Waals surface area contributed by atoms with Crippen LogP contribution in [0.1, 0.15) is 15.9 Å². The minimum absolute atomic E-state index is 0.0528. The Morgan fingerprint density at radius 2 is 1.94 bits per heavy atom. The maximum absolute atomic E-state index is 12.8. The molecule has 0 atom stereocenters. The second kappa shape index (κ2) is 11.0. The van der Waals surface area contributed by atoms with Crippen LogP contribution in [0.15, 0.2) is 61.1 Å². The Labute approximate surface area is 204 Å². The molecule has 1 amide bonds. The van der Waals surface area contributed by atoms with E-state index in [1.165, 1.54) is 0 Å². The lowest BCUT2D eigenvalue weighted by atomic mass is 10.1. The van der Waals surface area contributed by atoms with Crippen LogP contribution >= 0.6 is 0 Å². The number of nitrogens with zero attached hydrogens (tertiary/aromatic N) is 4. The van der Waals surface area contributed by atoms with Gasteiger partial charge in [0.05, 0.1) is 32.2 Å². The molecule has 0 spiro atoms. The number of benzene rings is 2. The van der Waals surface area contributed by atoms with Crippen molar-refractivity contribution in [3.8, 4) is 17.0 Å². The van der Waals surface area contributed by atoms with Crippen molar-refractivity contribution in [1.29, 1.82) is 0 Å². The van der Waals surface area contributed by atoms with E-state index in [4.69, 9.17) is 15.2 Å². The van der Waals surface area contributed by atoms with Crippen LogP contribution in [0.4, 0.5) is 11.5 Å². The highest BCUT2D eigenvalue weighted by Gasteiger charge is 2.15. The highest BCUT2D eigenvalue weighted by molar-refractivity contribution is 5.96. The molecule has 0 aliphatic heterocycles. The van der Waals surface area contributed by atoms with Crippen LogP contribution < -0.4 is 15.8 Å². The Kier molecular flexibility index (Phi) is 7.59. The summed E-state index contributed by atoms with van der Waals surface area (Å²) in [4.78, 5) is 23.6. The number of carbonyl (C=O) groups is 1. The normalized spacial score (nSPS) is 11.0. The Balaban J connectivity index is 1.51. The zero-order valence-corrected chi connectivity index (χ0v) is 20.2. The van der Waals surface area contributed by atoms with Gasteiger partial charge >= 0.3 is 0 Å². The Morgan fingerprint density at radius 1 is 1.14 bits per heavy atom. The van der Waals surface area contributed by atoms with Gasteiger partial charge in [-0.3, -0.25) is 9.20 Å². The minimum Gasteiger partial charge on any atom is -0.497 e. The molecule has 0 saturated carbocycles. The third-order valence-corrected chi connectivity index (χ3v) is 5.71. The van der Waals surface area contributed by atoms with E-state index >= 15 is 0 Å². The first kappa shape index (κ1) is 24.2. The first-order valence-electron chi connectivity index (χ1n) is 11.4. The third-order valence-electron chi connectivity index (χ3n) is 5.71. The number of rotatable bonds is 10. The van der Waals surface area contributed by atoms with Gasteiger partial charge in [0.2, 0.25) is 0 Å². The van der Waals surface area contributed by atoms with Crippen molar-refractivity contribution in [2.24, 2.45) is 5.73 Å². The number of imidazole rings is 1. The molecular weight excluding hydrogens is 444 g/mol. The van der Waals surface area contributed by atoms with Gasteiger partial charge < -0.3 is 25.4 Å².